The van der Waals surface area contributed by atoms with Crippen LogP contribution in [0.15, 0.2) is 48.5 Å². The SMILES string of the molecule is CC(=O)c1ccc(OC(C)C(=O)Nc2ccc(NC(=O)C3CC3)cc2)cc1. The number of Topliss-reactive ketones (excluding diaryl/α,β-unsaturated/α-hetero) is 1. The molecule has 140 valence electrons. The van der Waals surface area contributed by atoms with Gasteiger partial charge in [0.05, 0.1) is 0 Å². The smallest absolute Gasteiger partial charge is 0.265 e. The Labute approximate surface area is 157 Å². The van der Waals surface area contributed by atoms with Crippen molar-refractivity contribution < 1.29 is 19.1 Å². The van der Waals surface area contributed by atoms with E-state index in [1.165, 1.54) is 6.92 Å². The molecule has 6 nitrogen and oxygen atoms in total. The number of hydrogen-bond acceptors (Lipinski definition) is 4. The van der Waals surface area contributed by atoms with E-state index in [9.17, 15) is 14.4 Å². The third-order valence-electron chi connectivity index (χ3n) is 4.31. The van der Waals surface area contributed by atoms with Crippen LogP contribution in [0.2, 0.25) is 0 Å². The number of rotatable bonds is 7. The molecule has 1 aliphatic rings. The molecule has 0 radical (unpaired) electrons. The van der Waals surface area contributed by atoms with E-state index in [-0.39, 0.29) is 23.5 Å². The van der Waals surface area contributed by atoms with Gasteiger partial charge < -0.3 is 15.4 Å². The van der Waals surface area contributed by atoms with Gasteiger partial charge in [0.2, 0.25) is 5.91 Å². The lowest BCUT2D eigenvalue weighted by Gasteiger charge is -2.15. The molecule has 2 N–H and O–H groups in total. The van der Waals surface area contributed by atoms with Crippen LogP contribution in [-0.2, 0) is 9.59 Å². The fourth-order valence-electron chi connectivity index (χ4n) is 2.50. The lowest BCUT2D eigenvalue weighted by molar-refractivity contribution is -0.122. The highest BCUT2D eigenvalue weighted by molar-refractivity contribution is 5.96. The number of carbonyl (C=O) groups is 3. The average Bonchev–Trinajstić information content (AvgIpc) is 3.49. The molecule has 0 aliphatic heterocycles. The Morgan fingerprint density at radius 2 is 1.48 bits per heavy atom. The molecule has 2 amide bonds. The molecule has 3 rings (SSSR count). The monoisotopic (exact) mass is 366 g/mol. The summed E-state index contributed by atoms with van der Waals surface area (Å²) in [6.07, 6.45) is 1.20. The van der Waals surface area contributed by atoms with Gasteiger partial charge >= 0.3 is 0 Å². The molecule has 1 fully saturated rings. The van der Waals surface area contributed by atoms with Crippen molar-refractivity contribution in [1.82, 2.24) is 0 Å². The maximum atomic E-state index is 12.3. The van der Waals surface area contributed by atoms with E-state index < -0.39 is 6.10 Å². The van der Waals surface area contributed by atoms with Gasteiger partial charge in [-0.15, -0.1) is 0 Å². The Morgan fingerprint density at radius 1 is 0.926 bits per heavy atom. The lowest BCUT2D eigenvalue weighted by Crippen LogP contribution is -2.30. The third-order valence-corrected chi connectivity index (χ3v) is 4.31. The highest BCUT2D eigenvalue weighted by Crippen LogP contribution is 2.30. The van der Waals surface area contributed by atoms with Crippen molar-refractivity contribution in [3.05, 3.63) is 54.1 Å². The summed E-state index contributed by atoms with van der Waals surface area (Å²) in [4.78, 5) is 35.3. The van der Waals surface area contributed by atoms with Gasteiger partial charge in [0.25, 0.3) is 5.91 Å². The zero-order valence-electron chi connectivity index (χ0n) is 15.3. The normalized spacial score (nSPS) is 14.1. The molecule has 27 heavy (non-hydrogen) atoms. The van der Waals surface area contributed by atoms with E-state index in [1.54, 1.807) is 55.5 Å². The number of hydrogen-bond donors (Lipinski definition) is 2. The summed E-state index contributed by atoms with van der Waals surface area (Å²) in [6, 6.07) is 13.6. The predicted molar refractivity (Wildman–Crippen MR) is 103 cm³/mol. The molecule has 0 spiro atoms. The number of ether oxygens (including phenoxy) is 1. The minimum absolute atomic E-state index is 0.0240. The topological polar surface area (TPSA) is 84.5 Å². The highest BCUT2D eigenvalue weighted by Gasteiger charge is 2.29. The number of carbonyl (C=O) groups excluding carboxylic acids is 3. The Bertz CT molecular complexity index is 839. The van der Waals surface area contributed by atoms with Crippen LogP contribution in [0, 0.1) is 5.92 Å². The van der Waals surface area contributed by atoms with Crippen LogP contribution in [-0.4, -0.2) is 23.7 Å². The summed E-state index contributed by atoms with van der Waals surface area (Å²) in [5, 5.41) is 5.63. The summed E-state index contributed by atoms with van der Waals surface area (Å²) in [5.74, 6) is 0.391. The summed E-state index contributed by atoms with van der Waals surface area (Å²) in [6.45, 7) is 3.15. The van der Waals surface area contributed by atoms with Crippen LogP contribution in [0.1, 0.15) is 37.0 Å². The van der Waals surface area contributed by atoms with Gasteiger partial charge in [-0.05, 0) is 75.2 Å². The maximum Gasteiger partial charge on any atom is 0.265 e. The molecule has 2 aromatic carbocycles. The number of nitrogens with one attached hydrogen (secondary N) is 2. The summed E-state index contributed by atoms with van der Waals surface area (Å²) in [7, 11) is 0. The highest BCUT2D eigenvalue weighted by atomic mass is 16.5. The van der Waals surface area contributed by atoms with Crippen molar-refractivity contribution in [2.75, 3.05) is 10.6 Å². The second-order valence-corrected chi connectivity index (χ2v) is 6.67. The van der Waals surface area contributed by atoms with E-state index in [0.29, 0.717) is 22.7 Å². The fraction of sp³-hybridized carbons (Fsp3) is 0.286. The number of amides is 2. The van der Waals surface area contributed by atoms with Crippen LogP contribution in [0.5, 0.6) is 5.75 Å². The first kappa shape index (κ1) is 18.6. The molecular formula is C21H22N2O4. The van der Waals surface area contributed by atoms with Crippen molar-refractivity contribution in [3.8, 4) is 5.75 Å². The van der Waals surface area contributed by atoms with Crippen molar-refractivity contribution in [1.29, 1.82) is 0 Å². The number of benzene rings is 2. The van der Waals surface area contributed by atoms with Crippen LogP contribution in [0.4, 0.5) is 11.4 Å². The molecule has 1 aliphatic carbocycles. The molecule has 6 heteroatoms. The minimum Gasteiger partial charge on any atom is -0.481 e. The molecule has 0 heterocycles. The van der Waals surface area contributed by atoms with Crippen molar-refractivity contribution in [3.63, 3.8) is 0 Å². The Hall–Kier alpha value is -3.15. The molecule has 1 saturated carbocycles. The Kier molecular flexibility index (Phi) is 5.54. The summed E-state index contributed by atoms with van der Waals surface area (Å²) >= 11 is 0. The molecule has 0 saturated heterocycles. The molecule has 2 aromatic rings. The van der Waals surface area contributed by atoms with Crippen LogP contribution >= 0.6 is 0 Å². The van der Waals surface area contributed by atoms with E-state index in [4.69, 9.17) is 4.74 Å². The average molecular weight is 366 g/mol. The summed E-state index contributed by atoms with van der Waals surface area (Å²) < 4.78 is 5.61. The number of anilines is 2. The first-order valence-corrected chi connectivity index (χ1v) is 8.92. The molecule has 1 unspecified atom stereocenters. The quantitative estimate of drug-likeness (QED) is 0.733. The molecular weight excluding hydrogens is 344 g/mol. The zero-order chi connectivity index (χ0) is 19.4. The molecule has 0 aromatic heterocycles. The van der Waals surface area contributed by atoms with Crippen molar-refractivity contribution in [2.45, 2.75) is 32.8 Å². The molecule has 0 bridgehead atoms. The van der Waals surface area contributed by atoms with Crippen molar-refractivity contribution >= 4 is 29.0 Å². The third kappa shape index (κ3) is 5.17. The minimum atomic E-state index is -0.706. The zero-order valence-corrected chi connectivity index (χ0v) is 15.3. The van der Waals surface area contributed by atoms with Crippen molar-refractivity contribution in [2.24, 2.45) is 5.92 Å². The van der Waals surface area contributed by atoms with E-state index in [1.807, 2.05) is 0 Å². The molecule has 1 atom stereocenters. The first-order valence-electron chi connectivity index (χ1n) is 8.92. The maximum absolute atomic E-state index is 12.3. The van der Waals surface area contributed by atoms with Gasteiger partial charge in [-0.1, -0.05) is 0 Å². The van der Waals surface area contributed by atoms with Gasteiger partial charge in [0.1, 0.15) is 5.75 Å². The second kappa shape index (κ2) is 8.03. The standard InChI is InChI=1S/C21H22N2O4/c1-13(24)15-5-11-19(12-6-15)27-14(2)20(25)22-17-7-9-18(10-8-17)23-21(26)16-3-4-16/h5-12,14,16H,3-4H2,1-2H3,(H,22,25)(H,23,26). The van der Waals surface area contributed by atoms with Crippen LogP contribution < -0.4 is 15.4 Å². The Balaban J connectivity index is 1.52. The second-order valence-electron chi connectivity index (χ2n) is 6.67. The van der Waals surface area contributed by atoms with Crippen LogP contribution in [0.3, 0.4) is 0 Å². The van der Waals surface area contributed by atoms with E-state index >= 15 is 0 Å². The lowest BCUT2D eigenvalue weighted by atomic mass is 10.1. The van der Waals surface area contributed by atoms with Gasteiger partial charge in [0, 0.05) is 22.9 Å². The fourth-order valence-corrected chi connectivity index (χ4v) is 2.50. The van der Waals surface area contributed by atoms with Crippen LogP contribution in [0.25, 0.3) is 0 Å². The Morgan fingerprint density at radius 3 is 2.00 bits per heavy atom. The van der Waals surface area contributed by atoms with E-state index in [2.05, 4.69) is 10.6 Å². The largest absolute Gasteiger partial charge is 0.481 e. The summed E-state index contributed by atoms with van der Waals surface area (Å²) in [5.41, 5.74) is 1.92. The van der Waals surface area contributed by atoms with Gasteiger partial charge in [0.15, 0.2) is 11.9 Å². The first-order chi connectivity index (χ1) is 12.9. The predicted octanol–water partition coefficient (Wildman–Crippen LogP) is 3.64. The van der Waals surface area contributed by atoms with E-state index in [0.717, 1.165) is 12.8 Å². The van der Waals surface area contributed by atoms with Gasteiger partial charge in [-0.25, -0.2) is 0 Å². The number of ketones is 1. The van der Waals surface area contributed by atoms with Gasteiger partial charge in [-0.2, -0.15) is 0 Å². The van der Waals surface area contributed by atoms with Gasteiger partial charge in [-0.3, -0.25) is 14.4 Å².